The van der Waals surface area contributed by atoms with Crippen LogP contribution in [-0.2, 0) is 11.8 Å². The van der Waals surface area contributed by atoms with Gasteiger partial charge in [-0.25, -0.2) is 0 Å². The molecule has 2 aromatic rings. The zero-order valence-corrected chi connectivity index (χ0v) is 12.5. The third-order valence-corrected chi connectivity index (χ3v) is 4.02. The fourth-order valence-electron chi connectivity index (χ4n) is 2.64. The van der Waals surface area contributed by atoms with Gasteiger partial charge in [-0.2, -0.15) is 4.98 Å². The number of nitrogens with zero attached hydrogens (tertiary/aromatic N) is 2. The highest BCUT2D eigenvalue weighted by Crippen LogP contribution is 2.36. The summed E-state index contributed by atoms with van der Waals surface area (Å²) >= 11 is 0. The van der Waals surface area contributed by atoms with E-state index >= 15 is 0 Å². The molecule has 0 aliphatic heterocycles. The molecule has 0 spiro atoms. The van der Waals surface area contributed by atoms with Crippen molar-refractivity contribution in [3.05, 3.63) is 47.6 Å². The Morgan fingerprint density at radius 2 is 1.85 bits per heavy atom. The summed E-state index contributed by atoms with van der Waals surface area (Å²) in [6.07, 6.45) is 2.68. The predicted molar refractivity (Wildman–Crippen MR) is 79.7 cm³/mol. The zero-order valence-electron chi connectivity index (χ0n) is 12.5. The van der Waals surface area contributed by atoms with E-state index in [2.05, 4.69) is 53.6 Å². The highest BCUT2D eigenvalue weighted by Gasteiger charge is 2.35. The van der Waals surface area contributed by atoms with Gasteiger partial charge in [0, 0.05) is 13.0 Å². The van der Waals surface area contributed by atoms with Gasteiger partial charge in [-0.3, -0.25) is 0 Å². The lowest BCUT2D eigenvalue weighted by atomic mass is 9.75. The van der Waals surface area contributed by atoms with Crippen molar-refractivity contribution >= 4 is 0 Å². The van der Waals surface area contributed by atoms with Crippen molar-refractivity contribution in [2.75, 3.05) is 13.6 Å². The number of rotatable bonds is 7. The van der Waals surface area contributed by atoms with E-state index < -0.39 is 0 Å². The Balaban J connectivity index is 2.35. The first-order chi connectivity index (χ1) is 9.76. The Hall–Kier alpha value is -1.68. The summed E-state index contributed by atoms with van der Waals surface area (Å²) in [6.45, 7) is 5.21. The van der Waals surface area contributed by atoms with Gasteiger partial charge in [-0.15, -0.1) is 0 Å². The van der Waals surface area contributed by atoms with Crippen LogP contribution in [0.15, 0.2) is 34.9 Å². The summed E-state index contributed by atoms with van der Waals surface area (Å²) in [5.41, 5.74) is 1.11. The minimum atomic E-state index is -0.150. The van der Waals surface area contributed by atoms with E-state index in [4.69, 9.17) is 4.52 Å². The number of benzene rings is 1. The average Bonchev–Trinajstić information content (AvgIpc) is 2.97. The number of nitrogens with one attached hydrogen (secondary N) is 1. The van der Waals surface area contributed by atoms with E-state index in [-0.39, 0.29) is 5.41 Å². The molecule has 1 aromatic heterocycles. The van der Waals surface area contributed by atoms with Gasteiger partial charge in [-0.1, -0.05) is 49.3 Å². The van der Waals surface area contributed by atoms with E-state index in [0.29, 0.717) is 5.89 Å². The SMILES string of the molecule is CCC(CC)(c1ccccc1)c1noc(CCNC)n1. The van der Waals surface area contributed by atoms with Gasteiger partial charge in [0.05, 0.1) is 5.41 Å². The van der Waals surface area contributed by atoms with E-state index in [9.17, 15) is 0 Å². The third kappa shape index (κ3) is 2.75. The Kier molecular flexibility index (Phi) is 4.90. The summed E-state index contributed by atoms with van der Waals surface area (Å²) in [4.78, 5) is 4.62. The monoisotopic (exact) mass is 273 g/mol. The van der Waals surface area contributed by atoms with Crippen molar-refractivity contribution in [2.45, 2.75) is 38.5 Å². The summed E-state index contributed by atoms with van der Waals surface area (Å²) < 4.78 is 5.40. The smallest absolute Gasteiger partial charge is 0.227 e. The van der Waals surface area contributed by atoms with Crippen LogP contribution in [0.1, 0.15) is 44.0 Å². The normalized spacial score (nSPS) is 11.8. The fourth-order valence-corrected chi connectivity index (χ4v) is 2.64. The Morgan fingerprint density at radius 3 is 2.45 bits per heavy atom. The molecule has 0 saturated heterocycles. The average molecular weight is 273 g/mol. The van der Waals surface area contributed by atoms with Crippen molar-refractivity contribution in [3.63, 3.8) is 0 Å². The lowest BCUT2D eigenvalue weighted by molar-refractivity contribution is 0.353. The summed E-state index contributed by atoms with van der Waals surface area (Å²) in [6, 6.07) is 10.5. The van der Waals surface area contributed by atoms with Crippen molar-refractivity contribution in [2.24, 2.45) is 0 Å². The molecule has 20 heavy (non-hydrogen) atoms. The van der Waals surface area contributed by atoms with Gasteiger partial charge in [-0.05, 0) is 25.5 Å². The first-order valence-electron chi connectivity index (χ1n) is 7.30. The Labute approximate surface area is 120 Å². The molecule has 1 heterocycles. The van der Waals surface area contributed by atoms with Gasteiger partial charge in [0.2, 0.25) is 5.89 Å². The Morgan fingerprint density at radius 1 is 1.15 bits per heavy atom. The van der Waals surface area contributed by atoms with Crippen molar-refractivity contribution in [1.82, 2.24) is 15.5 Å². The number of aromatic nitrogens is 2. The molecule has 0 aliphatic carbocycles. The second-order valence-electron chi connectivity index (χ2n) is 5.02. The zero-order chi connectivity index (χ0) is 14.4. The highest BCUT2D eigenvalue weighted by atomic mass is 16.5. The second-order valence-corrected chi connectivity index (χ2v) is 5.02. The number of hydrogen-bond acceptors (Lipinski definition) is 4. The van der Waals surface area contributed by atoms with Crippen molar-refractivity contribution in [1.29, 1.82) is 0 Å². The van der Waals surface area contributed by atoms with Crippen LogP contribution in [-0.4, -0.2) is 23.7 Å². The summed E-state index contributed by atoms with van der Waals surface area (Å²) in [7, 11) is 1.92. The topological polar surface area (TPSA) is 51.0 Å². The minimum absolute atomic E-state index is 0.150. The fraction of sp³-hybridized carbons (Fsp3) is 0.500. The standard InChI is InChI=1S/C16H23N3O/c1-4-16(5-2,13-9-7-6-8-10-13)15-18-14(20-19-15)11-12-17-3/h6-10,17H,4-5,11-12H2,1-3H3. The van der Waals surface area contributed by atoms with E-state index in [1.807, 2.05) is 13.1 Å². The van der Waals surface area contributed by atoms with Crippen LogP contribution in [0, 0.1) is 0 Å². The van der Waals surface area contributed by atoms with E-state index in [0.717, 1.165) is 31.6 Å². The molecule has 4 heteroatoms. The van der Waals surface area contributed by atoms with Crippen LogP contribution in [0.4, 0.5) is 0 Å². The van der Waals surface area contributed by atoms with Crippen LogP contribution >= 0.6 is 0 Å². The molecular weight excluding hydrogens is 250 g/mol. The van der Waals surface area contributed by atoms with Gasteiger partial charge in [0.1, 0.15) is 0 Å². The minimum Gasteiger partial charge on any atom is -0.339 e. The lowest BCUT2D eigenvalue weighted by Gasteiger charge is -2.28. The lowest BCUT2D eigenvalue weighted by Crippen LogP contribution is -2.27. The van der Waals surface area contributed by atoms with Crippen LogP contribution < -0.4 is 5.32 Å². The molecule has 0 saturated carbocycles. The maximum absolute atomic E-state index is 5.40. The molecule has 108 valence electrons. The maximum Gasteiger partial charge on any atom is 0.227 e. The molecule has 1 aromatic carbocycles. The van der Waals surface area contributed by atoms with Gasteiger partial charge < -0.3 is 9.84 Å². The van der Waals surface area contributed by atoms with Gasteiger partial charge in [0.15, 0.2) is 5.82 Å². The van der Waals surface area contributed by atoms with Crippen LogP contribution in [0.25, 0.3) is 0 Å². The molecule has 0 unspecified atom stereocenters. The first-order valence-corrected chi connectivity index (χ1v) is 7.30. The number of likely N-dealkylation sites (N-methyl/N-ethyl adjacent to an activating group) is 1. The van der Waals surface area contributed by atoms with E-state index in [1.165, 1.54) is 5.56 Å². The third-order valence-electron chi connectivity index (χ3n) is 4.02. The predicted octanol–water partition coefficient (Wildman–Crippen LogP) is 2.94. The van der Waals surface area contributed by atoms with E-state index in [1.54, 1.807) is 0 Å². The molecule has 2 rings (SSSR count). The quantitative estimate of drug-likeness (QED) is 0.842. The molecule has 0 fully saturated rings. The number of hydrogen-bond donors (Lipinski definition) is 1. The maximum atomic E-state index is 5.40. The summed E-state index contributed by atoms with van der Waals surface area (Å²) in [5.74, 6) is 1.51. The second kappa shape index (κ2) is 6.66. The molecule has 1 N–H and O–H groups in total. The first kappa shape index (κ1) is 14.7. The molecule has 0 radical (unpaired) electrons. The molecule has 4 nitrogen and oxygen atoms in total. The van der Waals surface area contributed by atoms with Crippen LogP contribution in [0.3, 0.4) is 0 Å². The molecular formula is C16H23N3O. The largest absolute Gasteiger partial charge is 0.339 e. The molecule has 0 bridgehead atoms. The van der Waals surface area contributed by atoms with Crippen LogP contribution in [0.2, 0.25) is 0 Å². The molecule has 0 amide bonds. The van der Waals surface area contributed by atoms with Gasteiger partial charge >= 0.3 is 0 Å². The van der Waals surface area contributed by atoms with Crippen molar-refractivity contribution < 1.29 is 4.52 Å². The summed E-state index contributed by atoms with van der Waals surface area (Å²) in [5, 5.41) is 7.34. The van der Waals surface area contributed by atoms with Crippen LogP contribution in [0.5, 0.6) is 0 Å². The molecule has 0 atom stereocenters. The highest BCUT2D eigenvalue weighted by molar-refractivity contribution is 5.32. The molecule has 0 aliphatic rings. The Bertz CT molecular complexity index is 518. The van der Waals surface area contributed by atoms with Crippen molar-refractivity contribution in [3.8, 4) is 0 Å². The van der Waals surface area contributed by atoms with Gasteiger partial charge in [0.25, 0.3) is 0 Å².